The van der Waals surface area contributed by atoms with Crippen molar-refractivity contribution in [3.8, 4) is 0 Å². The molecule has 1 amide bonds. The molecule has 0 saturated carbocycles. The summed E-state index contributed by atoms with van der Waals surface area (Å²) >= 11 is 0. The van der Waals surface area contributed by atoms with Crippen LogP contribution in [0.3, 0.4) is 0 Å². The van der Waals surface area contributed by atoms with E-state index >= 15 is 0 Å². The van der Waals surface area contributed by atoms with Gasteiger partial charge in [-0.3, -0.25) is 14.7 Å². The van der Waals surface area contributed by atoms with E-state index in [-0.39, 0.29) is 6.04 Å². The lowest BCUT2D eigenvalue weighted by molar-refractivity contribution is -0.0438. The third kappa shape index (κ3) is 4.91. The summed E-state index contributed by atoms with van der Waals surface area (Å²) < 4.78 is 62.0. The molecular formula is C18H19F3N4O3S. The van der Waals surface area contributed by atoms with E-state index in [0.29, 0.717) is 32.5 Å². The average molecular weight is 428 g/mol. The summed E-state index contributed by atoms with van der Waals surface area (Å²) in [7, 11) is -5.72. The van der Waals surface area contributed by atoms with Crippen molar-refractivity contribution in [2.45, 2.75) is 36.0 Å². The van der Waals surface area contributed by atoms with Gasteiger partial charge in [0.05, 0.1) is 11.3 Å². The fourth-order valence-electron chi connectivity index (χ4n) is 3.11. The highest BCUT2D eigenvalue weighted by molar-refractivity contribution is 7.92. The van der Waals surface area contributed by atoms with Gasteiger partial charge in [-0.1, -0.05) is 6.07 Å². The Labute approximate surface area is 165 Å². The fraction of sp³-hybridized carbons (Fsp3) is 0.389. The number of likely N-dealkylation sites (tertiary alicyclic amines) is 1. The number of nitrogens with one attached hydrogen (secondary N) is 1. The Hall–Kier alpha value is -2.53. The van der Waals surface area contributed by atoms with E-state index in [9.17, 15) is 26.4 Å². The van der Waals surface area contributed by atoms with Crippen LogP contribution in [0, 0.1) is 0 Å². The maximum atomic E-state index is 12.9. The number of carbonyl (C=O) groups is 1. The third-order valence-corrected chi connectivity index (χ3v) is 6.05. The lowest BCUT2D eigenvalue weighted by Gasteiger charge is -2.32. The number of alkyl halides is 3. The van der Waals surface area contributed by atoms with Crippen LogP contribution in [0.4, 0.5) is 13.2 Å². The standard InChI is InChI=1S/C18H19F3N4O3S/c19-18(20,21)29(27,28)17-15(5-3-9-23-17)16(26)24-13-6-10-25(11-7-13)12-14-4-1-2-8-22-14/h1-5,8-9,13H,6-7,10-12H2,(H,24,26). The van der Waals surface area contributed by atoms with Gasteiger partial charge in [-0.2, -0.15) is 13.2 Å². The fourth-order valence-corrected chi connectivity index (χ4v) is 3.98. The number of amides is 1. The van der Waals surface area contributed by atoms with E-state index in [1.807, 2.05) is 18.2 Å². The molecule has 0 unspecified atom stereocenters. The first-order valence-electron chi connectivity index (χ1n) is 8.88. The number of rotatable bonds is 5. The summed E-state index contributed by atoms with van der Waals surface area (Å²) in [5, 5.41) is 1.35. The van der Waals surface area contributed by atoms with Gasteiger partial charge in [-0.15, -0.1) is 0 Å². The van der Waals surface area contributed by atoms with Gasteiger partial charge in [0.1, 0.15) is 0 Å². The van der Waals surface area contributed by atoms with E-state index in [2.05, 4.69) is 20.2 Å². The number of carbonyl (C=O) groups excluding carboxylic acids is 1. The van der Waals surface area contributed by atoms with Gasteiger partial charge < -0.3 is 5.32 Å². The molecule has 7 nitrogen and oxygen atoms in total. The molecule has 3 heterocycles. The highest BCUT2D eigenvalue weighted by atomic mass is 32.2. The van der Waals surface area contributed by atoms with Gasteiger partial charge in [0.15, 0.2) is 5.03 Å². The van der Waals surface area contributed by atoms with Gasteiger partial charge in [0, 0.05) is 38.1 Å². The minimum atomic E-state index is -5.72. The molecule has 3 rings (SSSR count). The highest BCUT2D eigenvalue weighted by Gasteiger charge is 2.49. The number of piperidine rings is 1. The van der Waals surface area contributed by atoms with Crippen molar-refractivity contribution in [3.05, 3.63) is 54.0 Å². The lowest BCUT2D eigenvalue weighted by atomic mass is 10.0. The predicted octanol–water partition coefficient (Wildman–Crippen LogP) is 2.16. The number of halogens is 3. The molecule has 29 heavy (non-hydrogen) atoms. The summed E-state index contributed by atoms with van der Waals surface area (Å²) in [6.45, 7) is 2.00. The van der Waals surface area contributed by atoms with Crippen LogP contribution in [0.15, 0.2) is 47.8 Å². The van der Waals surface area contributed by atoms with E-state index < -0.39 is 31.8 Å². The summed E-state index contributed by atoms with van der Waals surface area (Å²) in [6.07, 6.45) is 3.79. The van der Waals surface area contributed by atoms with Gasteiger partial charge in [0.25, 0.3) is 15.7 Å². The predicted molar refractivity (Wildman–Crippen MR) is 97.5 cm³/mol. The molecule has 0 aliphatic carbocycles. The van der Waals surface area contributed by atoms with Crippen LogP contribution >= 0.6 is 0 Å². The van der Waals surface area contributed by atoms with E-state index in [1.165, 1.54) is 6.07 Å². The van der Waals surface area contributed by atoms with E-state index in [4.69, 9.17) is 0 Å². The largest absolute Gasteiger partial charge is 0.503 e. The highest BCUT2D eigenvalue weighted by Crippen LogP contribution is 2.30. The smallest absolute Gasteiger partial charge is 0.349 e. The van der Waals surface area contributed by atoms with Crippen molar-refractivity contribution in [3.63, 3.8) is 0 Å². The Balaban J connectivity index is 1.64. The average Bonchev–Trinajstić information content (AvgIpc) is 2.69. The van der Waals surface area contributed by atoms with Gasteiger partial charge in [-0.25, -0.2) is 13.4 Å². The molecule has 0 radical (unpaired) electrons. The van der Waals surface area contributed by atoms with Crippen LogP contribution in [0.25, 0.3) is 0 Å². The summed E-state index contributed by atoms with van der Waals surface area (Å²) in [5.74, 6) is -0.885. The second kappa shape index (κ2) is 8.46. The summed E-state index contributed by atoms with van der Waals surface area (Å²) in [4.78, 5) is 22.2. The van der Waals surface area contributed by atoms with Crippen molar-refractivity contribution in [1.82, 2.24) is 20.2 Å². The van der Waals surface area contributed by atoms with Crippen molar-refractivity contribution in [1.29, 1.82) is 0 Å². The SMILES string of the molecule is O=C(NC1CCN(Cc2ccccn2)CC1)c1cccnc1S(=O)(=O)C(F)(F)F. The maximum Gasteiger partial charge on any atom is 0.503 e. The molecule has 2 aromatic rings. The molecule has 0 aromatic carbocycles. The normalized spacial score (nSPS) is 16.5. The van der Waals surface area contributed by atoms with Crippen LogP contribution in [0.2, 0.25) is 0 Å². The first-order valence-corrected chi connectivity index (χ1v) is 10.4. The van der Waals surface area contributed by atoms with Crippen LogP contribution in [-0.4, -0.2) is 53.8 Å². The molecule has 1 aliphatic heterocycles. The Morgan fingerprint density at radius 1 is 1.10 bits per heavy atom. The van der Waals surface area contributed by atoms with Crippen LogP contribution < -0.4 is 5.32 Å². The Bertz CT molecular complexity index is 960. The lowest BCUT2D eigenvalue weighted by Crippen LogP contribution is -2.44. The first-order chi connectivity index (χ1) is 13.7. The van der Waals surface area contributed by atoms with Crippen LogP contribution in [0.5, 0.6) is 0 Å². The zero-order valence-electron chi connectivity index (χ0n) is 15.3. The second-order valence-corrected chi connectivity index (χ2v) is 8.51. The second-order valence-electron chi connectivity index (χ2n) is 6.65. The third-order valence-electron chi connectivity index (χ3n) is 4.61. The number of hydrogen-bond donors (Lipinski definition) is 1. The Morgan fingerprint density at radius 2 is 1.79 bits per heavy atom. The number of sulfone groups is 1. The monoisotopic (exact) mass is 428 g/mol. The minimum absolute atomic E-state index is 0.274. The zero-order valence-corrected chi connectivity index (χ0v) is 16.1. The molecule has 1 aliphatic rings. The van der Waals surface area contributed by atoms with E-state index in [1.54, 1.807) is 6.20 Å². The number of pyridine rings is 2. The molecule has 1 fully saturated rings. The van der Waals surface area contributed by atoms with Gasteiger partial charge in [0.2, 0.25) is 0 Å². The van der Waals surface area contributed by atoms with Crippen LogP contribution in [-0.2, 0) is 16.4 Å². The van der Waals surface area contributed by atoms with Gasteiger partial charge >= 0.3 is 5.51 Å². The molecule has 1 N–H and O–H groups in total. The molecular weight excluding hydrogens is 409 g/mol. The molecule has 2 aromatic heterocycles. The molecule has 1 saturated heterocycles. The molecule has 0 bridgehead atoms. The Kier molecular flexibility index (Phi) is 6.18. The summed E-state index contributed by atoms with van der Waals surface area (Å²) in [6, 6.07) is 7.62. The van der Waals surface area contributed by atoms with E-state index in [0.717, 1.165) is 18.0 Å². The Morgan fingerprint density at radius 3 is 2.41 bits per heavy atom. The maximum absolute atomic E-state index is 12.9. The van der Waals surface area contributed by atoms with Crippen LogP contribution in [0.1, 0.15) is 28.9 Å². The minimum Gasteiger partial charge on any atom is -0.349 e. The molecule has 0 spiro atoms. The molecule has 156 valence electrons. The zero-order chi connectivity index (χ0) is 21.1. The topological polar surface area (TPSA) is 92.3 Å². The van der Waals surface area contributed by atoms with Crippen molar-refractivity contribution in [2.75, 3.05) is 13.1 Å². The first kappa shape index (κ1) is 21.2. The number of hydrogen-bond acceptors (Lipinski definition) is 6. The van der Waals surface area contributed by atoms with Gasteiger partial charge in [-0.05, 0) is 37.1 Å². The van der Waals surface area contributed by atoms with Crippen molar-refractivity contribution in [2.24, 2.45) is 0 Å². The number of aromatic nitrogens is 2. The quantitative estimate of drug-likeness (QED) is 0.785. The number of nitrogens with zero attached hydrogens (tertiary/aromatic N) is 3. The summed E-state index contributed by atoms with van der Waals surface area (Å²) in [5.41, 5.74) is -5.22. The van der Waals surface area contributed by atoms with Crippen molar-refractivity contribution >= 4 is 15.7 Å². The van der Waals surface area contributed by atoms with Crippen molar-refractivity contribution < 1.29 is 26.4 Å². The molecule has 11 heteroatoms. The molecule has 0 atom stereocenters.